The van der Waals surface area contributed by atoms with Crippen molar-refractivity contribution in [1.29, 1.82) is 0 Å². The normalized spacial score (nSPS) is 12.2. The van der Waals surface area contributed by atoms with Gasteiger partial charge in [0.15, 0.2) is 0 Å². The topological polar surface area (TPSA) is 30.2 Å². The Morgan fingerprint density at radius 2 is 2.14 bits per heavy atom. The minimum Gasteiger partial charge on any atom is -0.290 e. The first-order valence-corrected chi connectivity index (χ1v) is 4.91. The number of imidazole rings is 1. The fourth-order valence-electron chi connectivity index (χ4n) is 1.38. The molecule has 14 heavy (non-hydrogen) atoms. The third kappa shape index (κ3) is 1.39. The van der Waals surface area contributed by atoms with E-state index in [4.69, 9.17) is 0 Å². The van der Waals surface area contributed by atoms with Crippen molar-refractivity contribution in [2.75, 3.05) is 0 Å². The standard InChI is InChI=1S/C11H15N3/c1-4-11(2,3)10-5-9-6-12-7-14(9)8-13-10/h5-8H,4H2,1-3H3. The van der Waals surface area contributed by atoms with Gasteiger partial charge in [-0.15, -0.1) is 0 Å². The maximum Gasteiger partial charge on any atom is 0.101 e. The van der Waals surface area contributed by atoms with Gasteiger partial charge in [0.1, 0.15) is 12.7 Å². The lowest BCUT2D eigenvalue weighted by Crippen LogP contribution is -2.17. The van der Waals surface area contributed by atoms with E-state index >= 15 is 0 Å². The van der Waals surface area contributed by atoms with Crippen LogP contribution < -0.4 is 0 Å². The Morgan fingerprint density at radius 3 is 2.86 bits per heavy atom. The Morgan fingerprint density at radius 1 is 1.36 bits per heavy atom. The Kier molecular flexibility index (Phi) is 2.02. The molecule has 0 spiro atoms. The number of rotatable bonds is 2. The average Bonchev–Trinajstić information content (AvgIpc) is 2.64. The van der Waals surface area contributed by atoms with Gasteiger partial charge in [-0.3, -0.25) is 4.40 Å². The van der Waals surface area contributed by atoms with Gasteiger partial charge in [-0.05, 0) is 12.5 Å². The van der Waals surface area contributed by atoms with Crippen LogP contribution in [-0.4, -0.2) is 14.4 Å². The molecule has 3 nitrogen and oxygen atoms in total. The van der Waals surface area contributed by atoms with Crippen molar-refractivity contribution >= 4 is 5.52 Å². The van der Waals surface area contributed by atoms with Crippen LogP contribution in [0.15, 0.2) is 24.9 Å². The Balaban J connectivity index is 2.53. The SMILES string of the molecule is CCC(C)(C)c1cc2cncn2cn1. The Hall–Kier alpha value is -1.38. The highest BCUT2D eigenvalue weighted by molar-refractivity contribution is 5.46. The summed E-state index contributed by atoms with van der Waals surface area (Å²) < 4.78 is 1.93. The van der Waals surface area contributed by atoms with E-state index in [2.05, 4.69) is 36.8 Å². The van der Waals surface area contributed by atoms with Crippen LogP contribution in [0.2, 0.25) is 0 Å². The molecule has 0 unspecified atom stereocenters. The van der Waals surface area contributed by atoms with Gasteiger partial charge in [-0.1, -0.05) is 20.8 Å². The zero-order valence-electron chi connectivity index (χ0n) is 8.86. The summed E-state index contributed by atoms with van der Waals surface area (Å²) in [6, 6.07) is 2.11. The van der Waals surface area contributed by atoms with Crippen molar-refractivity contribution in [1.82, 2.24) is 14.4 Å². The van der Waals surface area contributed by atoms with Gasteiger partial charge in [0.05, 0.1) is 11.7 Å². The largest absolute Gasteiger partial charge is 0.290 e. The molecular formula is C11H15N3. The molecule has 0 N–H and O–H groups in total. The van der Waals surface area contributed by atoms with Crippen molar-refractivity contribution in [3.05, 3.63) is 30.6 Å². The van der Waals surface area contributed by atoms with E-state index in [-0.39, 0.29) is 5.41 Å². The molecule has 0 aromatic carbocycles. The maximum absolute atomic E-state index is 4.44. The summed E-state index contributed by atoms with van der Waals surface area (Å²) in [5, 5.41) is 0. The van der Waals surface area contributed by atoms with Crippen molar-refractivity contribution in [2.45, 2.75) is 32.6 Å². The molecule has 0 aliphatic heterocycles. The smallest absolute Gasteiger partial charge is 0.101 e. The summed E-state index contributed by atoms with van der Waals surface area (Å²) in [6.07, 6.45) is 6.54. The molecule has 0 bridgehead atoms. The first-order valence-electron chi connectivity index (χ1n) is 4.91. The summed E-state index contributed by atoms with van der Waals surface area (Å²) in [5.74, 6) is 0. The summed E-state index contributed by atoms with van der Waals surface area (Å²) in [6.45, 7) is 6.60. The Labute approximate surface area is 83.8 Å². The molecule has 0 aliphatic rings. The van der Waals surface area contributed by atoms with Crippen LogP contribution in [0.4, 0.5) is 0 Å². The third-order valence-corrected chi connectivity index (χ3v) is 2.88. The highest BCUT2D eigenvalue weighted by Crippen LogP contribution is 2.25. The zero-order chi connectivity index (χ0) is 10.2. The minimum atomic E-state index is 0.145. The third-order valence-electron chi connectivity index (χ3n) is 2.88. The maximum atomic E-state index is 4.44. The fourth-order valence-corrected chi connectivity index (χ4v) is 1.38. The van der Waals surface area contributed by atoms with Crippen LogP contribution in [0, 0.1) is 0 Å². The van der Waals surface area contributed by atoms with E-state index in [0.29, 0.717) is 0 Å². The second-order valence-electron chi connectivity index (χ2n) is 4.24. The molecular weight excluding hydrogens is 174 g/mol. The molecule has 2 heterocycles. The van der Waals surface area contributed by atoms with Crippen LogP contribution in [0.3, 0.4) is 0 Å². The van der Waals surface area contributed by atoms with Crippen molar-refractivity contribution in [2.24, 2.45) is 0 Å². The number of hydrogen-bond donors (Lipinski definition) is 0. The average molecular weight is 189 g/mol. The lowest BCUT2D eigenvalue weighted by molar-refractivity contribution is 0.489. The second-order valence-corrected chi connectivity index (χ2v) is 4.24. The lowest BCUT2D eigenvalue weighted by Gasteiger charge is -2.21. The molecule has 2 rings (SSSR count). The molecule has 0 atom stereocenters. The molecule has 0 saturated carbocycles. The second kappa shape index (κ2) is 3.08. The highest BCUT2D eigenvalue weighted by Gasteiger charge is 2.19. The molecule has 74 valence electrons. The molecule has 0 amide bonds. The van der Waals surface area contributed by atoms with Crippen LogP contribution in [0.25, 0.3) is 5.52 Å². The molecule has 0 radical (unpaired) electrons. The molecule has 0 saturated heterocycles. The number of nitrogens with zero attached hydrogens (tertiary/aromatic N) is 3. The highest BCUT2D eigenvalue weighted by atomic mass is 15.0. The van der Waals surface area contributed by atoms with Crippen molar-refractivity contribution < 1.29 is 0 Å². The number of hydrogen-bond acceptors (Lipinski definition) is 2. The predicted molar refractivity (Wildman–Crippen MR) is 56.3 cm³/mol. The van der Waals surface area contributed by atoms with E-state index in [0.717, 1.165) is 17.6 Å². The summed E-state index contributed by atoms with van der Waals surface area (Å²) >= 11 is 0. The van der Waals surface area contributed by atoms with E-state index < -0.39 is 0 Å². The van der Waals surface area contributed by atoms with Gasteiger partial charge < -0.3 is 0 Å². The van der Waals surface area contributed by atoms with Crippen LogP contribution in [0.1, 0.15) is 32.9 Å². The van der Waals surface area contributed by atoms with E-state index in [1.807, 2.05) is 16.9 Å². The van der Waals surface area contributed by atoms with Gasteiger partial charge >= 0.3 is 0 Å². The zero-order valence-corrected chi connectivity index (χ0v) is 8.86. The Bertz CT molecular complexity index is 442. The summed E-state index contributed by atoms with van der Waals surface area (Å²) in [5.41, 5.74) is 2.39. The van der Waals surface area contributed by atoms with Crippen molar-refractivity contribution in [3.8, 4) is 0 Å². The van der Waals surface area contributed by atoms with Gasteiger partial charge in [0.25, 0.3) is 0 Å². The van der Waals surface area contributed by atoms with Crippen LogP contribution in [-0.2, 0) is 5.41 Å². The molecule has 0 aliphatic carbocycles. The van der Waals surface area contributed by atoms with E-state index in [1.54, 1.807) is 6.33 Å². The van der Waals surface area contributed by atoms with E-state index in [9.17, 15) is 0 Å². The molecule has 2 aromatic rings. The molecule has 3 heteroatoms. The number of fused-ring (bicyclic) bond motifs is 1. The van der Waals surface area contributed by atoms with Crippen LogP contribution >= 0.6 is 0 Å². The molecule has 2 aromatic heterocycles. The summed E-state index contributed by atoms with van der Waals surface area (Å²) in [4.78, 5) is 8.52. The monoisotopic (exact) mass is 189 g/mol. The lowest BCUT2D eigenvalue weighted by atomic mass is 9.86. The first kappa shape index (κ1) is 9.19. The fraction of sp³-hybridized carbons (Fsp3) is 0.455. The summed E-state index contributed by atoms with van der Waals surface area (Å²) in [7, 11) is 0. The van der Waals surface area contributed by atoms with Gasteiger partial charge in [0, 0.05) is 11.1 Å². The van der Waals surface area contributed by atoms with Gasteiger partial charge in [0.2, 0.25) is 0 Å². The predicted octanol–water partition coefficient (Wildman–Crippen LogP) is 2.42. The number of aromatic nitrogens is 3. The minimum absolute atomic E-state index is 0.145. The van der Waals surface area contributed by atoms with Crippen LogP contribution in [0.5, 0.6) is 0 Å². The quantitative estimate of drug-likeness (QED) is 0.726. The van der Waals surface area contributed by atoms with Gasteiger partial charge in [-0.2, -0.15) is 0 Å². The first-order chi connectivity index (χ1) is 6.63. The molecule has 0 fully saturated rings. The van der Waals surface area contributed by atoms with E-state index in [1.165, 1.54) is 0 Å². The van der Waals surface area contributed by atoms with Gasteiger partial charge in [-0.25, -0.2) is 9.97 Å². The van der Waals surface area contributed by atoms with Crippen molar-refractivity contribution in [3.63, 3.8) is 0 Å².